The number of carbonyl (C=O) groups is 2. The van der Waals surface area contributed by atoms with E-state index in [-0.39, 0.29) is 17.8 Å². The van der Waals surface area contributed by atoms with E-state index < -0.39 is 29.5 Å². The van der Waals surface area contributed by atoms with Gasteiger partial charge in [0, 0.05) is 5.56 Å². The minimum atomic E-state index is -1.04. The molecule has 0 aliphatic carbocycles. The van der Waals surface area contributed by atoms with Gasteiger partial charge in [0.15, 0.2) is 0 Å². The molecule has 174 valence electrons. The van der Waals surface area contributed by atoms with Gasteiger partial charge in [0.25, 0.3) is 0 Å². The van der Waals surface area contributed by atoms with Crippen LogP contribution in [0.2, 0.25) is 0 Å². The van der Waals surface area contributed by atoms with E-state index in [4.69, 9.17) is 9.47 Å². The summed E-state index contributed by atoms with van der Waals surface area (Å²) in [5, 5.41) is 2.58. The minimum Gasteiger partial charge on any atom is -0.469 e. The van der Waals surface area contributed by atoms with Crippen LogP contribution in [-0.4, -0.2) is 24.8 Å². The van der Waals surface area contributed by atoms with Crippen molar-refractivity contribution in [1.29, 1.82) is 0 Å². The van der Waals surface area contributed by atoms with E-state index in [1.807, 2.05) is 6.92 Å². The Bertz CT molecular complexity index is 1040. The van der Waals surface area contributed by atoms with Crippen LogP contribution >= 0.6 is 0 Å². The first-order valence-electron chi connectivity index (χ1n) is 10.4. The van der Waals surface area contributed by atoms with Gasteiger partial charge < -0.3 is 14.8 Å². The highest BCUT2D eigenvalue weighted by molar-refractivity contribution is 5.76. The molecular formula is C25H31F2NO4. The number of aryl methyl sites for hydroxylation is 3. The number of benzene rings is 2. The van der Waals surface area contributed by atoms with Crippen LogP contribution in [-0.2, 0) is 14.3 Å². The summed E-state index contributed by atoms with van der Waals surface area (Å²) in [4.78, 5) is 24.4. The number of nitrogens with one attached hydrogen (secondary N) is 1. The predicted octanol–water partition coefficient (Wildman–Crippen LogP) is 5.99. The SMILES string of the molecule is COC(=O)C[C@H](NC(=O)OC(C)(C)C)c1cc(-c2c(C)cc(C)c(F)c2C)cc(C)c1F. The fourth-order valence-corrected chi connectivity index (χ4v) is 3.74. The molecule has 1 atom stereocenters. The first kappa shape index (κ1) is 25.3. The standard InChI is InChI=1S/C25H31F2NO4/c1-13-9-14(2)22(26)16(4)21(13)17-10-15(3)23(27)18(11-17)19(12-20(29)31-8)28-24(30)32-25(5,6)7/h9-11,19H,12H2,1-8H3,(H,28,30)/t19-/m0/s1. The van der Waals surface area contributed by atoms with Crippen molar-refractivity contribution in [3.8, 4) is 11.1 Å². The van der Waals surface area contributed by atoms with Crippen molar-refractivity contribution >= 4 is 12.1 Å². The second kappa shape index (κ2) is 9.67. The molecule has 1 N–H and O–H groups in total. The van der Waals surface area contributed by atoms with Gasteiger partial charge in [-0.1, -0.05) is 6.07 Å². The van der Waals surface area contributed by atoms with Gasteiger partial charge in [-0.3, -0.25) is 4.79 Å². The number of methoxy groups -OCH3 is 1. The number of rotatable bonds is 5. The number of ether oxygens (including phenoxy) is 2. The number of alkyl carbamates (subject to hydrolysis) is 1. The number of amides is 1. The van der Waals surface area contributed by atoms with E-state index in [0.717, 1.165) is 5.56 Å². The third kappa shape index (κ3) is 5.84. The third-order valence-electron chi connectivity index (χ3n) is 5.11. The van der Waals surface area contributed by atoms with Crippen molar-refractivity contribution in [3.05, 3.63) is 57.7 Å². The summed E-state index contributed by atoms with van der Waals surface area (Å²) < 4.78 is 39.9. The quantitative estimate of drug-likeness (QED) is 0.572. The molecule has 0 spiro atoms. The lowest BCUT2D eigenvalue weighted by Gasteiger charge is -2.25. The maximum Gasteiger partial charge on any atom is 0.408 e. The monoisotopic (exact) mass is 447 g/mol. The summed E-state index contributed by atoms with van der Waals surface area (Å²) in [6.45, 7) is 11.9. The van der Waals surface area contributed by atoms with E-state index in [2.05, 4.69) is 5.32 Å². The van der Waals surface area contributed by atoms with E-state index in [9.17, 15) is 14.0 Å². The molecule has 0 unspecified atom stereocenters. The van der Waals surface area contributed by atoms with E-state index >= 15 is 4.39 Å². The molecule has 0 heterocycles. The van der Waals surface area contributed by atoms with Crippen molar-refractivity contribution in [2.24, 2.45) is 0 Å². The van der Waals surface area contributed by atoms with Crippen LogP contribution in [0.4, 0.5) is 13.6 Å². The lowest BCUT2D eigenvalue weighted by Crippen LogP contribution is -2.36. The van der Waals surface area contributed by atoms with Crippen molar-refractivity contribution in [2.75, 3.05) is 7.11 Å². The molecule has 1 amide bonds. The summed E-state index contributed by atoms with van der Waals surface area (Å²) in [5.41, 5.74) is 2.67. The Labute approximate surface area is 188 Å². The average molecular weight is 448 g/mol. The van der Waals surface area contributed by atoms with Crippen LogP contribution in [0.25, 0.3) is 11.1 Å². The molecular weight excluding hydrogens is 416 g/mol. The van der Waals surface area contributed by atoms with Gasteiger partial charge in [0.1, 0.15) is 17.2 Å². The third-order valence-corrected chi connectivity index (χ3v) is 5.11. The van der Waals surface area contributed by atoms with E-state index in [1.54, 1.807) is 53.7 Å². The maximum absolute atomic E-state index is 15.2. The fourth-order valence-electron chi connectivity index (χ4n) is 3.74. The fraction of sp³-hybridized carbons (Fsp3) is 0.440. The Morgan fingerprint density at radius 3 is 2.12 bits per heavy atom. The van der Waals surface area contributed by atoms with Crippen molar-refractivity contribution in [2.45, 2.75) is 66.5 Å². The van der Waals surface area contributed by atoms with Gasteiger partial charge in [-0.15, -0.1) is 0 Å². The zero-order chi connectivity index (χ0) is 24.4. The van der Waals surface area contributed by atoms with Gasteiger partial charge in [-0.25, -0.2) is 13.6 Å². The molecule has 0 saturated carbocycles. The van der Waals surface area contributed by atoms with Gasteiger partial charge in [0.05, 0.1) is 19.6 Å². The molecule has 2 aromatic rings. The second-order valence-electron chi connectivity index (χ2n) is 9.00. The number of esters is 1. The highest BCUT2D eigenvalue weighted by Crippen LogP contribution is 2.35. The summed E-state index contributed by atoms with van der Waals surface area (Å²) in [6, 6.07) is 3.87. The molecule has 0 aliphatic heterocycles. The molecule has 0 radical (unpaired) electrons. The van der Waals surface area contributed by atoms with E-state index in [1.165, 1.54) is 13.2 Å². The molecule has 0 fully saturated rings. The summed E-state index contributed by atoms with van der Waals surface area (Å²) in [7, 11) is 1.21. The summed E-state index contributed by atoms with van der Waals surface area (Å²) >= 11 is 0. The topological polar surface area (TPSA) is 64.6 Å². The maximum atomic E-state index is 15.2. The molecule has 0 saturated heterocycles. The minimum absolute atomic E-state index is 0.0936. The number of hydrogen-bond acceptors (Lipinski definition) is 4. The zero-order valence-electron chi connectivity index (χ0n) is 19.9. The first-order chi connectivity index (χ1) is 14.7. The van der Waals surface area contributed by atoms with Gasteiger partial charge in [-0.05, 0) is 94.0 Å². The normalized spacial score (nSPS) is 12.3. The van der Waals surface area contributed by atoms with Crippen molar-refractivity contribution in [3.63, 3.8) is 0 Å². The largest absolute Gasteiger partial charge is 0.469 e. The number of halogens is 2. The Balaban J connectivity index is 2.62. The summed E-state index contributed by atoms with van der Waals surface area (Å²) in [5.74, 6) is -1.52. The smallest absolute Gasteiger partial charge is 0.408 e. The molecule has 5 nitrogen and oxygen atoms in total. The second-order valence-corrected chi connectivity index (χ2v) is 9.00. The molecule has 32 heavy (non-hydrogen) atoms. The van der Waals surface area contributed by atoms with Gasteiger partial charge >= 0.3 is 12.1 Å². The Hall–Kier alpha value is -2.96. The lowest BCUT2D eigenvalue weighted by atomic mass is 9.89. The van der Waals surface area contributed by atoms with Crippen LogP contribution in [0.5, 0.6) is 0 Å². The molecule has 0 aromatic heterocycles. The molecule has 0 bridgehead atoms. The van der Waals surface area contributed by atoms with Crippen LogP contribution in [0.3, 0.4) is 0 Å². The first-order valence-corrected chi connectivity index (χ1v) is 10.4. The molecule has 0 aliphatic rings. The lowest BCUT2D eigenvalue weighted by molar-refractivity contribution is -0.141. The Morgan fingerprint density at radius 2 is 1.56 bits per heavy atom. The summed E-state index contributed by atoms with van der Waals surface area (Å²) in [6.07, 6.45) is -1.09. The van der Waals surface area contributed by atoms with Crippen LogP contribution in [0.15, 0.2) is 18.2 Å². The number of carbonyl (C=O) groups excluding carboxylic acids is 2. The highest BCUT2D eigenvalue weighted by Gasteiger charge is 2.27. The van der Waals surface area contributed by atoms with Gasteiger partial charge in [-0.2, -0.15) is 0 Å². The Kier molecular flexibility index (Phi) is 7.65. The van der Waals surface area contributed by atoms with Crippen LogP contribution in [0.1, 0.15) is 61.1 Å². The zero-order valence-corrected chi connectivity index (χ0v) is 19.9. The van der Waals surface area contributed by atoms with Crippen LogP contribution < -0.4 is 5.32 Å². The van der Waals surface area contributed by atoms with Crippen molar-refractivity contribution in [1.82, 2.24) is 5.32 Å². The highest BCUT2D eigenvalue weighted by atomic mass is 19.1. The molecule has 7 heteroatoms. The Morgan fingerprint density at radius 1 is 0.969 bits per heavy atom. The average Bonchev–Trinajstić information content (AvgIpc) is 2.66. The molecule has 2 rings (SSSR count). The van der Waals surface area contributed by atoms with Crippen LogP contribution in [0, 0.1) is 39.3 Å². The van der Waals surface area contributed by atoms with E-state index in [0.29, 0.717) is 27.8 Å². The number of hydrogen-bond donors (Lipinski definition) is 1. The van der Waals surface area contributed by atoms with Gasteiger partial charge in [0.2, 0.25) is 0 Å². The predicted molar refractivity (Wildman–Crippen MR) is 119 cm³/mol. The van der Waals surface area contributed by atoms with Crippen molar-refractivity contribution < 1.29 is 27.8 Å². The molecule has 2 aromatic carbocycles.